The van der Waals surface area contributed by atoms with Gasteiger partial charge in [0.25, 0.3) is 11.8 Å². The Bertz CT molecular complexity index is 3690. The number of hydrazone groups is 1. The number of para-hydroxylation sites is 1. The number of fused-ring (bicyclic) bond motifs is 2. The number of allylic oxidation sites excluding steroid dienone is 2. The number of sulfonamides is 1. The van der Waals surface area contributed by atoms with Crippen molar-refractivity contribution in [1.82, 2.24) is 29.9 Å². The molecule has 1 aliphatic carbocycles. The van der Waals surface area contributed by atoms with Crippen molar-refractivity contribution in [3.05, 3.63) is 123 Å². The summed E-state index contributed by atoms with van der Waals surface area (Å²) in [6.07, 6.45) is 9.44. The number of hydrogen-bond donors (Lipinski definition) is 7. The lowest BCUT2D eigenvalue weighted by molar-refractivity contribution is -0.612. The summed E-state index contributed by atoms with van der Waals surface area (Å²) in [6.45, 7) is 10.4. The molecule has 5 heterocycles. The lowest BCUT2D eigenvalue weighted by atomic mass is 9.89. The number of rotatable bonds is 22. The molecular weight excluding hydrogens is 1160 g/mol. The van der Waals surface area contributed by atoms with Crippen LogP contribution in [-0.2, 0) is 37.3 Å². The van der Waals surface area contributed by atoms with Crippen molar-refractivity contribution in [2.45, 2.75) is 117 Å². The highest BCUT2D eigenvalue weighted by Crippen LogP contribution is 2.38. The van der Waals surface area contributed by atoms with Gasteiger partial charge in [0, 0.05) is 60.9 Å². The molecule has 25 heteroatoms. The molecule has 9 N–H and O–H groups in total. The molecule has 9 rings (SSSR count). The van der Waals surface area contributed by atoms with Crippen molar-refractivity contribution in [2.75, 3.05) is 42.2 Å². The number of nitrogens with one attached hydrogen (secondary N) is 4. The van der Waals surface area contributed by atoms with Crippen LogP contribution in [0.5, 0.6) is 5.75 Å². The Balaban J connectivity index is 0.843. The number of nitrogens with zero attached hydrogens (tertiary/aromatic N) is 7. The van der Waals surface area contributed by atoms with Crippen LogP contribution >= 0.6 is 22.7 Å². The number of carbonyl (C=O) groups is 4. The highest BCUT2D eigenvalue weighted by atomic mass is 32.2. The Labute approximate surface area is 507 Å². The van der Waals surface area contributed by atoms with Gasteiger partial charge in [0.05, 0.1) is 63.0 Å². The number of phenols is 1. The van der Waals surface area contributed by atoms with E-state index >= 15 is 4.39 Å². The van der Waals surface area contributed by atoms with Gasteiger partial charge in [0.2, 0.25) is 27.7 Å². The van der Waals surface area contributed by atoms with Gasteiger partial charge in [-0.25, -0.2) is 32.5 Å². The van der Waals surface area contributed by atoms with Crippen molar-refractivity contribution in [3.63, 3.8) is 0 Å². The van der Waals surface area contributed by atoms with Crippen LogP contribution < -0.4 is 31.4 Å². The molecule has 0 unspecified atom stereocenters. The zero-order chi connectivity index (χ0) is 61.2. The van der Waals surface area contributed by atoms with E-state index in [2.05, 4.69) is 40.7 Å². The predicted octanol–water partition coefficient (Wildman–Crippen LogP) is 8.01. The first-order chi connectivity index (χ1) is 41.3. The molecule has 2 fully saturated rings. The van der Waals surface area contributed by atoms with Crippen LogP contribution in [0, 0.1) is 30.0 Å². The molecule has 2 aliphatic heterocycles. The second-order valence-corrected chi connectivity index (χ2v) is 26.0. The molecule has 6 aromatic rings. The molecule has 3 atom stereocenters. The van der Waals surface area contributed by atoms with E-state index in [1.807, 2.05) is 48.2 Å². The van der Waals surface area contributed by atoms with Gasteiger partial charge in [0.15, 0.2) is 16.7 Å². The Morgan fingerprint density at radius 2 is 1.77 bits per heavy atom. The lowest BCUT2D eigenvalue weighted by Crippen LogP contribution is -2.83. The van der Waals surface area contributed by atoms with Crippen LogP contribution in [0.4, 0.5) is 15.3 Å². The van der Waals surface area contributed by atoms with Crippen LogP contribution in [0.15, 0.2) is 88.0 Å². The molecule has 4 amide bonds. The molecule has 0 spiro atoms. The number of aromatic hydroxyl groups is 1. The minimum atomic E-state index is -4.35. The number of phenolic OH excluding ortho intramolecular Hbond substituents is 1. The number of pyridine rings is 1. The maximum Gasteiger partial charge on any atom is 0.284 e. The summed E-state index contributed by atoms with van der Waals surface area (Å²) in [7, 11) is -4.35. The second-order valence-electron chi connectivity index (χ2n) is 22.2. The SMILES string of the molecule is C/C([NH2+]CC1CCCCC1)=C(/C=N)c1ccc(N2CCc3cccc(C(=O)Nc4nc5ccccc5s4)c3C2)nc1C(=O)NS(=O)(=O)CCCO/C(C=N[C@H](C(=O)N1CCC[C@H]1C(=O)N[C@@H](C)c1ccc(-c2scnc2C)c(F)c1O)C(C)C)=N/N. The summed E-state index contributed by atoms with van der Waals surface area (Å²) in [6, 6.07) is 17.1. The van der Waals surface area contributed by atoms with Crippen LogP contribution in [0.1, 0.15) is 134 Å². The summed E-state index contributed by atoms with van der Waals surface area (Å²) < 4.78 is 51.9. The first-order valence-electron chi connectivity index (χ1n) is 28.9. The number of halogens is 1. The third-order valence-corrected chi connectivity index (χ3v) is 19.2. The first-order valence-corrected chi connectivity index (χ1v) is 32.3. The van der Waals surface area contributed by atoms with Crippen LogP contribution in [0.25, 0.3) is 26.2 Å². The van der Waals surface area contributed by atoms with Gasteiger partial charge in [-0.05, 0) is 106 Å². The van der Waals surface area contributed by atoms with Crippen LogP contribution in [0.2, 0.25) is 0 Å². The summed E-state index contributed by atoms with van der Waals surface area (Å²) in [5.41, 5.74) is 6.86. The molecular formula is C61H73FN13O8S3+. The van der Waals surface area contributed by atoms with E-state index < -0.39 is 63.2 Å². The van der Waals surface area contributed by atoms with Crippen LogP contribution in [0.3, 0.4) is 0 Å². The number of amides is 4. The Kier molecular flexibility index (Phi) is 20.4. The number of benzene rings is 3. The number of likely N-dealkylation sites (tertiary alicyclic amines) is 1. The lowest BCUT2D eigenvalue weighted by Gasteiger charge is -2.31. The molecule has 0 bridgehead atoms. The standard InChI is InChI=1S/C61H72FN13O8S3/c1-35(2)53(60(80)75-26-12-19-48(75)58(78)68-37(4)41-21-22-44(52(62)55(41)76)56-38(5)67-34-84-56)66-32-51(72-64)83-28-13-29-86(81,82)73-59(79)54-42(45(30-63)36(3)65-31-39-14-7-6-8-15-39)23-24-50(70-54)74-27-25-40-16-11-17-43(46(40)33-74)57(77)71-61-69-47-18-9-10-20-49(47)85-61/h9-11,16-18,20-24,30,32,34-35,37,39,48,53,63,65,76H,6-8,12-15,19,25-29,31,33,64H2,1-5H3,(H,68,78)(H,73,79)(H,69,71,77)/p+1/b45-36+,63-30?,66-32?,72-51+/t37-,48-,53-/m0/s1. The van der Waals surface area contributed by atoms with E-state index in [1.165, 1.54) is 53.1 Å². The van der Waals surface area contributed by atoms with Gasteiger partial charge in [-0.1, -0.05) is 74.8 Å². The normalized spacial score (nSPS) is 16.9. The largest absolute Gasteiger partial charge is 0.505 e. The van der Waals surface area contributed by atoms with Gasteiger partial charge in [0.1, 0.15) is 29.3 Å². The summed E-state index contributed by atoms with van der Waals surface area (Å²) in [5.74, 6) is 1.79. The molecule has 0 radical (unpaired) electrons. The van der Waals surface area contributed by atoms with Crippen molar-refractivity contribution in [1.29, 1.82) is 5.41 Å². The molecule has 3 aliphatic rings. The number of anilines is 2. The number of nitrogens with two attached hydrogens (primary N) is 2. The van der Waals surface area contributed by atoms with Crippen molar-refractivity contribution >= 4 is 101 Å². The average molecular weight is 1230 g/mol. The Morgan fingerprint density at radius 3 is 2.50 bits per heavy atom. The molecule has 1 saturated heterocycles. The fourth-order valence-corrected chi connectivity index (χ4v) is 14.0. The molecule has 454 valence electrons. The highest BCUT2D eigenvalue weighted by molar-refractivity contribution is 7.90. The molecule has 21 nitrogen and oxygen atoms in total. The number of quaternary nitrogens is 1. The fourth-order valence-electron chi connectivity index (χ4n) is 11.3. The number of thiazole rings is 2. The highest BCUT2D eigenvalue weighted by Gasteiger charge is 2.39. The van der Waals surface area contributed by atoms with E-state index in [4.69, 9.17) is 21.0 Å². The molecule has 3 aromatic heterocycles. The van der Waals surface area contributed by atoms with E-state index in [-0.39, 0.29) is 66.2 Å². The smallest absolute Gasteiger partial charge is 0.284 e. The molecule has 86 heavy (non-hydrogen) atoms. The van der Waals surface area contributed by atoms with E-state index in [1.54, 1.807) is 63.5 Å². The summed E-state index contributed by atoms with van der Waals surface area (Å²) >= 11 is 2.63. The second kappa shape index (κ2) is 28.0. The third kappa shape index (κ3) is 14.6. The van der Waals surface area contributed by atoms with E-state index in [0.717, 1.165) is 52.6 Å². The third-order valence-electron chi connectivity index (χ3n) is 16.0. The number of hydrogen-bond acceptors (Lipinski definition) is 18. The first kappa shape index (κ1) is 62.5. The quantitative estimate of drug-likeness (QED) is 0.0112. The Morgan fingerprint density at radius 1 is 0.977 bits per heavy atom. The average Bonchev–Trinajstić information content (AvgIpc) is 4.51. The van der Waals surface area contributed by atoms with Gasteiger partial charge < -0.3 is 41.5 Å². The van der Waals surface area contributed by atoms with Gasteiger partial charge in [-0.3, -0.25) is 29.5 Å². The number of ether oxygens (including phenoxy) is 1. The number of aryl methyl sites for hydroxylation is 1. The topological polar surface area (TPSA) is 304 Å². The molecule has 1 saturated carbocycles. The maximum absolute atomic E-state index is 15.5. The van der Waals surface area contributed by atoms with Crippen molar-refractivity contribution < 1.29 is 47.1 Å². The monoisotopic (exact) mass is 1230 g/mol. The molecule has 3 aromatic carbocycles. The van der Waals surface area contributed by atoms with Crippen molar-refractivity contribution in [3.8, 4) is 16.2 Å². The van der Waals surface area contributed by atoms with E-state index in [0.29, 0.717) is 64.4 Å². The fraction of sp³-hybridized carbons (Fsp3) is 0.410. The van der Waals surface area contributed by atoms with Gasteiger partial charge in [-0.15, -0.1) is 16.4 Å². The minimum Gasteiger partial charge on any atom is -0.505 e. The van der Waals surface area contributed by atoms with Crippen LogP contribution in [-0.4, -0.2) is 119 Å². The zero-order valence-corrected chi connectivity index (χ0v) is 51.2. The summed E-state index contributed by atoms with van der Waals surface area (Å²) in [5, 5.41) is 31.4. The zero-order valence-electron chi connectivity index (χ0n) is 48.8. The van der Waals surface area contributed by atoms with E-state index in [9.17, 15) is 32.7 Å². The maximum atomic E-state index is 15.5. The number of aromatic nitrogens is 3. The predicted molar refractivity (Wildman–Crippen MR) is 334 cm³/mol. The van der Waals surface area contributed by atoms with Crippen molar-refractivity contribution in [2.24, 2.45) is 27.8 Å². The number of aliphatic imine (C=N–C) groups is 1. The minimum absolute atomic E-state index is 0.130. The van der Waals surface area contributed by atoms with Gasteiger partial charge >= 0.3 is 0 Å². The number of carbonyl (C=O) groups excluding carboxylic acids is 4. The summed E-state index contributed by atoms with van der Waals surface area (Å²) in [4.78, 5) is 78.2. The van der Waals surface area contributed by atoms with Gasteiger partial charge in [-0.2, -0.15) is 0 Å². The Hall–Kier alpha value is -8.00.